The van der Waals surface area contributed by atoms with Crippen molar-refractivity contribution in [3.63, 3.8) is 0 Å². The maximum Gasteiger partial charge on any atom is 0.316 e. The first kappa shape index (κ1) is 11.5. The lowest BCUT2D eigenvalue weighted by Crippen LogP contribution is -1.80. The molecule has 0 aromatic rings. The van der Waals surface area contributed by atoms with Crippen molar-refractivity contribution in [2.45, 2.75) is 32.6 Å². The van der Waals surface area contributed by atoms with Crippen LogP contribution in [0.3, 0.4) is 0 Å². The van der Waals surface area contributed by atoms with Gasteiger partial charge in [-0.3, -0.25) is 0 Å². The van der Waals surface area contributed by atoms with E-state index in [9.17, 15) is 0 Å². The molecule has 0 bridgehead atoms. The normalized spacial score (nSPS) is 8.25. The highest BCUT2D eigenvalue weighted by molar-refractivity contribution is 5.75. The molecule has 0 fully saturated rings. The molecule has 0 rings (SSSR count). The average Bonchev–Trinajstić information content (AvgIpc) is 1.69. The minimum absolute atomic E-state index is 0. The second-order valence-corrected chi connectivity index (χ2v) is 1.78. The monoisotopic (exact) mass is 128 g/mol. The summed E-state index contributed by atoms with van der Waals surface area (Å²) in [4.78, 5) is 0. The van der Waals surface area contributed by atoms with Crippen molar-refractivity contribution in [1.29, 1.82) is 0 Å². The van der Waals surface area contributed by atoms with E-state index in [-0.39, 0.29) is 23.1 Å². The van der Waals surface area contributed by atoms with Gasteiger partial charge in [-0.25, -0.2) is 0 Å². The lowest BCUT2D eigenvalue weighted by Gasteiger charge is -1.90. The summed E-state index contributed by atoms with van der Waals surface area (Å²) in [5.41, 5.74) is 0. The maximum absolute atomic E-state index is 8.29. The number of aliphatic hydroxyl groups is 1. The molecule has 48 valence electrons. The Bertz CT molecular complexity index is 27.7. The van der Waals surface area contributed by atoms with Crippen LogP contribution >= 0.6 is 0 Å². The molecule has 0 saturated heterocycles. The SMILES string of the molecule is CCCCCCO.[MgH2]. The summed E-state index contributed by atoms with van der Waals surface area (Å²) in [6, 6.07) is 0. The van der Waals surface area contributed by atoms with Crippen molar-refractivity contribution in [3.05, 3.63) is 0 Å². The lowest BCUT2D eigenvalue weighted by atomic mass is 10.2. The minimum Gasteiger partial charge on any atom is -0.396 e. The molecule has 0 aliphatic carbocycles. The molecule has 0 aromatic heterocycles. The standard InChI is InChI=1S/C6H14O.Mg.2H/c1-2-3-4-5-6-7;;;/h7H,2-6H2,1H3;;;. The molecular formula is C6H16MgO. The van der Waals surface area contributed by atoms with Crippen LogP contribution in [-0.4, -0.2) is 34.8 Å². The summed E-state index contributed by atoms with van der Waals surface area (Å²) in [5, 5.41) is 8.29. The number of hydrogen-bond donors (Lipinski definition) is 1. The molecule has 0 amide bonds. The van der Waals surface area contributed by atoms with Gasteiger partial charge in [0.1, 0.15) is 0 Å². The molecule has 0 unspecified atom stereocenters. The Kier molecular flexibility index (Phi) is 15.3. The van der Waals surface area contributed by atoms with Crippen molar-refractivity contribution < 1.29 is 5.11 Å². The van der Waals surface area contributed by atoms with Gasteiger partial charge in [0.05, 0.1) is 0 Å². The number of hydrogen-bond acceptors (Lipinski definition) is 1. The highest BCUT2D eigenvalue weighted by atomic mass is 24.3. The maximum atomic E-state index is 8.29. The fourth-order valence-corrected chi connectivity index (χ4v) is 0.539. The van der Waals surface area contributed by atoms with E-state index >= 15 is 0 Å². The van der Waals surface area contributed by atoms with Crippen LogP contribution in [0, 0.1) is 0 Å². The van der Waals surface area contributed by atoms with Gasteiger partial charge in [0.15, 0.2) is 0 Å². The van der Waals surface area contributed by atoms with E-state index in [0.717, 1.165) is 6.42 Å². The van der Waals surface area contributed by atoms with Gasteiger partial charge in [-0.2, -0.15) is 0 Å². The van der Waals surface area contributed by atoms with Gasteiger partial charge in [0.25, 0.3) is 0 Å². The van der Waals surface area contributed by atoms with Gasteiger partial charge >= 0.3 is 23.1 Å². The van der Waals surface area contributed by atoms with Crippen LogP contribution in [0.25, 0.3) is 0 Å². The second-order valence-electron chi connectivity index (χ2n) is 1.78. The number of rotatable bonds is 4. The topological polar surface area (TPSA) is 20.2 Å². The molecule has 0 atom stereocenters. The summed E-state index contributed by atoms with van der Waals surface area (Å²) in [6.07, 6.45) is 4.68. The zero-order valence-corrected chi connectivity index (χ0v) is 4.98. The lowest BCUT2D eigenvalue weighted by molar-refractivity contribution is 0.283. The highest BCUT2D eigenvalue weighted by Crippen LogP contribution is 1.95. The van der Waals surface area contributed by atoms with Crippen LogP contribution in [0.5, 0.6) is 0 Å². The van der Waals surface area contributed by atoms with Gasteiger partial charge in [-0.1, -0.05) is 26.2 Å². The Labute approximate surface area is 67.6 Å². The van der Waals surface area contributed by atoms with Crippen molar-refractivity contribution in [2.24, 2.45) is 0 Å². The predicted octanol–water partition coefficient (Wildman–Crippen LogP) is 0.643. The molecule has 1 N–H and O–H groups in total. The Morgan fingerprint density at radius 3 is 2.12 bits per heavy atom. The first-order valence-corrected chi connectivity index (χ1v) is 3.02. The summed E-state index contributed by atoms with van der Waals surface area (Å²) in [6.45, 7) is 2.53. The van der Waals surface area contributed by atoms with Crippen LogP contribution in [0.15, 0.2) is 0 Å². The van der Waals surface area contributed by atoms with Crippen molar-refractivity contribution in [3.8, 4) is 0 Å². The van der Waals surface area contributed by atoms with Crippen LogP contribution in [0.4, 0.5) is 0 Å². The molecule has 0 aliphatic rings. The van der Waals surface area contributed by atoms with Gasteiger partial charge in [0.2, 0.25) is 0 Å². The summed E-state index contributed by atoms with van der Waals surface area (Å²) in [5.74, 6) is 0. The van der Waals surface area contributed by atoms with E-state index < -0.39 is 0 Å². The Balaban J connectivity index is 0. The van der Waals surface area contributed by atoms with Crippen molar-refractivity contribution in [1.82, 2.24) is 0 Å². The third-order valence-corrected chi connectivity index (χ3v) is 1.01. The fraction of sp³-hybridized carbons (Fsp3) is 1.00. The van der Waals surface area contributed by atoms with Crippen LogP contribution in [-0.2, 0) is 0 Å². The molecule has 1 nitrogen and oxygen atoms in total. The van der Waals surface area contributed by atoms with E-state index in [1.54, 1.807) is 0 Å². The molecule has 0 aliphatic heterocycles. The van der Waals surface area contributed by atoms with Gasteiger partial charge in [-0.05, 0) is 6.42 Å². The first-order chi connectivity index (χ1) is 3.41. The first-order valence-electron chi connectivity index (χ1n) is 3.02. The molecule has 0 spiro atoms. The fourth-order valence-electron chi connectivity index (χ4n) is 0.539. The summed E-state index contributed by atoms with van der Waals surface area (Å²) >= 11 is 0. The number of unbranched alkanes of at least 4 members (excludes halogenated alkanes) is 3. The number of aliphatic hydroxyl groups excluding tert-OH is 1. The van der Waals surface area contributed by atoms with E-state index in [4.69, 9.17) is 5.11 Å². The molecule has 0 radical (unpaired) electrons. The van der Waals surface area contributed by atoms with Crippen LogP contribution in [0.2, 0.25) is 0 Å². The smallest absolute Gasteiger partial charge is 0.316 e. The molecule has 0 saturated carbocycles. The predicted molar refractivity (Wildman–Crippen MR) is 39.8 cm³/mol. The third kappa shape index (κ3) is 9.87. The zero-order valence-electron chi connectivity index (χ0n) is 4.98. The van der Waals surface area contributed by atoms with E-state index in [2.05, 4.69) is 6.92 Å². The third-order valence-electron chi connectivity index (χ3n) is 1.01. The Hall–Kier alpha value is 0.726. The Morgan fingerprint density at radius 1 is 1.12 bits per heavy atom. The highest BCUT2D eigenvalue weighted by Gasteiger charge is 1.80. The minimum atomic E-state index is 0. The van der Waals surface area contributed by atoms with Crippen LogP contribution in [0.1, 0.15) is 32.6 Å². The van der Waals surface area contributed by atoms with Crippen molar-refractivity contribution in [2.75, 3.05) is 6.61 Å². The van der Waals surface area contributed by atoms with Gasteiger partial charge in [-0.15, -0.1) is 0 Å². The Morgan fingerprint density at radius 2 is 1.75 bits per heavy atom. The van der Waals surface area contributed by atoms with E-state index in [0.29, 0.717) is 6.61 Å². The summed E-state index contributed by atoms with van der Waals surface area (Å²) < 4.78 is 0. The largest absolute Gasteiger partial charge is 0.396 e. The molecular weight excluding hydrogens is 112 g/mol. The molecule has 0 aromatic carbocycles. The average molecular weight is 128 g/mol. The van der Waals surface area contributed by atoms with Gasteiger partial charge in [0, 0.05) is 6.61 Å². The van der Waals surface area contributed by atoms with Gasteiger partial charge < -0.3 is 5.11 Å². The van der Waals surface area contributed by atoms with E-state index in [1.807, 2.05) is 0 Å². The van der Waals surface area contributed by atoms with E-state index in [1.165, 1.54) is 19.3 Å². The molecule has 8 heavy (non-hydrogen) atoms. The second kappa shape index (κ2) is 10.7. The quantitative estimate of drug-likeness (QED) is 0.435. The van der Waals surface area contributed by atoms with Crippen molar-refractivity contribution >= 4 is 23.1 Å². The molecule has 2 heteroatoms. The zero-order chi connectivity index (χ0) is 5.54. The molecule has 0 heterocycles. The summed E-state index contributed by atoms with van der Waals surface area (Å²) in [7, 11) is 0. The van der Waals surface area contributed by atoms with Crippen LogP contribution < -0.4 is 0 Å².